The second-order valence-corrected chi connectivity index (χ2v) is 4.87. The molecule has 1 aromatic rings. The van der Waals surface area contributed by atoms with Gasteiger partial charge in [-0.1, -0.05) is 43.7 Å². The monoisotopic (exact) mass is 264 g/mol. The van der Waals surface area contributed by atoms with E-state index in [1.807, 2.05) is 6.07 Å². The van der Waals surface area contributed by atoms with Crippen LogP contribution in [0.4, 0.5) is 0 Å². The molecule has 0 amide bonds. The van der Waals surface area contributed by atoms with Gasteiger partial charge in [0.15, 0.2) is 6.29 Å². The zero-order valence-corrected chi connectivity index (χ0v) is 11.7. The molecule has 1 aliphatic heterocycles. The summed E-state index contributed by atoms with van der Waals surface area (Å²) in [5.41, 5.74) is 1.25. The van der Waals surface area contributed by atoms with Crippen LogP contribution in [0.3, 0.4) is 0 Å². The summed E-state index contributed by atoms with van der Waals surface area (Å²) < 4.78 is 17.0. The lowest BCUT2D eigenvalue weighted by atomic mass is 10.0. The maximum Gasteiger partial charge on any atom is 0.157 e. The van der Waals surface area contributed by atoms with Crippen molar-refractivity contribution < 1.29 is 14.2 Å². The molecule has 0 radical (unpaired) electrons. The molecule has 3 heteroatoms. The van der Waals surface area contributed by atoms with Crippen LogP contribution in [-0.4, -0.2) is 26.1 Å². The van der Waals surface area contributed by atoms with Crippen molar-refractivity contribution in [1.29, 1.82) is 0 Å². The average Bonchev–Trinajstić information content (AvgIpc) is 2.97. The summed E-state index contributed by atoms with van der Waals surface area (Å²) >= 11 is 0. The largest absolute Gasteiger partial charge is 0.374 e. The zero-order valence-electron chi connectivity index (χ0n) is 11.7. The molecule has 0 saturated carbocycles. The third-order valence-corrected chi connectivity index (χ3v) is 3.34. The summed E-state index contributed by atoms with van der Waals surface area (Å²) in [4.78, 5) is 0. The van der Waals surface area contributed by atoms with Crippen molar-refractivity contribution in [2.45, 2.75) is 45.0 Å². The molecule has 1 aliphatic rings. The van der Waals surface area contributed by atoms with Crippen LogP contribution in [0, 0.1) is 0 Å². The molecule has 106 valence electrons. The number of hydrogen-bond acceptors (Lipinski definition) is 3. The topological polar surface area (TPSA) is 27.7 Å². The Kier molecular flexibility index (Phi) is 6.34. The quantitative estimate of drug-likeness (QED) is 0.670. The molecule has 0 bridgehead atoms. The van der Waals surface area contributed by atoms with Gasteiger partial charge in [0.25, 0.3) is 0 Å². The number of benzene rings is 1. The van der Waals surface area contributed by atoms with E-state index in [1.165, 1.54) is 5.56 Å². The van der Waals surface area contributed by atoms with Gasteiger partial charge in [0.1, 0.15) is 0 Å². The van der Waals surface area contributed by atoms with E-state index in [-0.39, 0.29) is 12.4 Å². The lowest BCUT2D eigenvalue weighted by Gasteiger charge is -2.19. The standard InChI is InChI=1S/C16H24O3/c1-2-3-11-17-15(14-7-5-4-6-8-14)9-10-16-18-12-13-19-16/h4-8,15-16H,2-3,9-13H2,1H3. The van der Waals surface area contributed by atoms with E-state index in [0.717, 1.165) is 45.5 Å². The molecular weight excluding hydrogens is 240 g/mol. The second-order valence-electron chi connectivity index (χ2n) is 4.87. The van der Waals surface area contributed by atoms with Gasteiger partial charge in [-0.15, -0.1) is 0 Å². The number of hydrogen-bond donors (Lipinski definition) is 0. The second kappa shape index (κ2) is 8.31. The van der Waals surface area contributed by atoms with Crippen molar-refractivity contribution in [2.75, 3.05) is 19.8 Å². The molecule has 0 aromatic heterocycles. The lowest BCUT2D eigenvalue weighted by molar-refractivity contribution is -0.0599. The highest BCUT2D eigenvalue weighted by Gasteiger charge is 2.19. The highest BCUT2D eigenvalue weighted by atomic mass is 16.7. The summed E-state index contributed by atoms with van der Waals surface area (Å²) in [5.74, 6) is 0. The summed E-state index contributed by atoms with van der Waals surface area (Å²) in [6.07, 6.45) is 4.22. The maximum absolute atomic E-state index is 6.02. The van der Waals surface area contributed by atoms with E-state index in [9.17, 15) is 0 Å². The summed E-state index contributed by atoms with van der Waals surface area (Å²) in [6.45, 7) is 4.44. The molecule has 0 aliphatic carbocycles. The molecule has 1 heterocycles. The van der Waals surface area contributed by atoms with E-state index in [1.54, 1.807) is 0 Å². The van der Waals surface area contributed by atoms with Gasteiger partial charge in [-0.25, -0.2) is 0 Å². The van der Waals surface area contributed by atoms with Crippen molar-refractivity contribution in [3.63, 3.8) is 0 Å². The number of unbranched alkanes of at least 4 members (excludes halogenated alkanes) is 1. The third kappa shape index (κ3) is 4.94. The Morgan fingerprint density at radius 2 is 1.95 bits per heavy atom. The fourth-order valence-electron chi connectivity index (χ4n) is 2.25. The van der Waals surface area contributed by atoms with E-state index < -0.39 is 0 Å². The van der Waals surface area contributed by atoms with Crippen LogP contribution < -0.4 is 0 Å². The fourth-order valence-corrected chi connectivity index (χ4v) is 2.25. The average molecular weight is 264 g/mol. The lowest BCUT2D eigenvalue weighted by Crippen LogP contribution is -2.12. The molecule has 0 N–H and O–H groups in total. The van der Waals surface area contributed by atoms with Gasteiger partial charge in [-0.2, -0.15) is 0 Å². The van der Waals surface area contributed by atoms with Gasteiger partial charge in [0.2, 0.25) is 0 Å². The molecule has 3 nitrogen and oxygen atoms in total. The van der Waals surface area contributed by atoms with Crippen LogP contribution in [0.1, 0.15) is 44.3 Å². The van der Waals surface area contributed by atoms with Gasteiger partial charge in [0.05, 0.1) is 19.3 Å². The zero-order chi connectivity index (χ0) is 13.3. The molecule has 1 unspecified atom stereocenters. The van der Waals surface area contributed by atoms with Crippen molar-refractivity contribution in [2.24, 2.45) is 0 Å². The Morgan fingerprint density at radius 3 is 2.63 bits per heavy atom. The van der Waals surface area contributed by atoms with Crippen LogP contribution >= 0.6 is 0 Å². The van der Waals surface area contributed by atoms with Crippen LogP contribution in [0.5, 0.6) is 0 Å². The van der Waals surface area contributed by atoms with Crippen LogP contribution in [0.15, 0.2) is 30.3 Å². The molecular formula is C16H24O3. The maximum atomic E-state index is 6.02. The highest BCUT2D eigenvalue weighted by molar-refractivity contribution is 5.17. The molecule has 1 fully saturated rings. The molecule has 1 aromatic carbocycles. The Bertz CT molecular complexity index is 333. The third-order valence-electron chi connectivity index (χ3n) is 3.34. The molecule has 2 rings (SSSR count). The SMILES string of the molecule is CCCCOC(CCC1OCCO1)c1ccccc1. The van der Waals surface area contributed by atoms with Crippen molar-refractivity contribution >= 4 is 0 Å². The van der Waals surface area contributed by atoms with E-state index >= 15 is 0 Å². The normalized spacial score (nSPS) is 17.7. The first-order chi connectivity index (χ1) is 9.40. The summed E-state index contributed by atoms with van der Waals surface area (Å²) in [6, 6.07) is 10.4. The van der Waals surface area contributed by atoms with Crippen LogP contribution in [-0.2, 0) is 14.2 Å². The number of ether oxygens (including phenoxy) is 3. The number of rotatable bonds is 8. The minimum atomic E-state index is -0.0408. The Labute approximate surface area is 115 Å². The van der Waals surface area contributed by atoms with Crippen molar-refractivity contribution in [3.05, 3.63) is 35.9 Å². The van der Waals surface area contributed by atoms with Crippen molar-refractivity contribution in [1.82, 2.24) is 0 Å². The molecule has 0 spiro atoms. The first-order valence-electron chi connectivity index (χ1n) is 7.30. The van der Waals surface area contributed by atoms with E-state index in [0.29, 0.717) is 0 Å². The van der Waals surface area contributed by atoms with E-state index in [2.05, 4.69) is 31.2 Å². The fraction of sp³-hybridized carbons (Fsp3) is 0.625. The minimum absolute atomic E-state index is 0.0408. The van der Waals surface area contributed by atoms with Crippen molar-refractivity contribution in [3.8, 4) is 0 Å². The summed E-state index contributed by atoms with van der Waals surface area (Å²) in [7, 11) is 0. The van der Waals surface area contributed by atoms with Crippen LogP contribution in [0.25, 0.3) is 0 Å². The highest BCUT2D eigenvalue weighted by Crippen LogP contribution is 2.25. The predicted octanol–water partition coefficient (Wildman–Crippen LogP) is 3.70. The first kappa shape index (κ1) is 14.5. The Morgan fingerprint density at radius 1 is 1.21 bits per heavy atom. The predicted molar refractivity (Wildman–Crippen MR) is 75.0 cm³/mol. The van der Waals surface area contributed by atoms with Gasteiger partial charge in [-0.05, 0) is 18.4 Å². The van der Waals surface area contributed by atoms with Gasteiger partial charge < -0.3 is 14.2 Å². The van der Waals surface area contributed by atoms with Gasteiger partial charge in [0, 0.05) is 13.0 Å². The Hall–Kier alpha value is -0.900. The van der Waals surface area contributed by atoms with Crippen LogP contribution in [0.2, 0.25) is 0 Å². The van der Waals surface area contributed by atoms with Gasteiger partial charge in [-0.3, -0.25) is 0 Å². The molecule has 19 heavy (non-hydrogen) atoms. The van der Waals surface area contributed by atoms with E-state index in [4.69, 9.17) is 14.2 Å². The summed E-state index contributed by atoms with van der Waals surface area (Å²) in [5, 5.41) is 0. The van der Waals surface area contributed by atoms with Gasteiger partial charge >= 0.3 is 0 Å². The molecule has 1 saturated heterocycles. The molecule has 1 atom stereocenters. The minimum Gasteiger partial charge on any atom is -0.374 e. The Balaban J connectivity index is 1.85. The smallest absolute Gasteiger partial charge is 0.157 e. The first-order valence-corrected chi connectivity index (χ1v) is 7.30.